The number of hydrogen-bond donors (Lipinski definition) is 0. The van der Waals surface area contributed by atoms with Gasteiger partial charge in [-0.05, 0) is 62.5 Å². The van der Waals surface area contributed by atoms with Crippen molar-refractivity contribution in [2.24, 2.45) is 10.8 Å². The molecule has 2 spiro atoms. The van der Waals surface area contributed by atoms with Crippen LogP contribution in [-0.4, -0.2) is 11.3 Å². The fourth-order valence-electron chi connectivity index (χ4n) is 7.53. The minimum Gasteiger partial charge on any atom is -0.234 e. The molecule has 6 aliphatic rings. The van der Waals surface area contributed by atoms with Crippen LogP contribution in [0.25, 0.3) is 0 Å². The van der Waals surface area contributed by atoms with E-state index in [2.05, 4.69) is 0 Å². The third kappa shape index (κ3) is 1.09. The first-order valence-electron chi connectivity index (χ1n) is 9.64. The molecular formula is C21H19F5. The minimum atomic E-state index is -2.80. The van der Waals surface area contributed by atoms with Crippen molar-refractivity contribution in [3.63, 3.8) is 0 Å². The van der Waals surface area contributed by atoms with Crippen molar-refractivity contribution >= 4 is 0 Å². The van der Waals surface area contributed by atoms with Gasteiger partial charge in [-0.1, -0.05) is 12.5 Å². The van der Waals surface area contributed by atoms with E-state index in [-0.39, 0.29) is 48.8 Å². The van der Waals surface area contributed by atoms with E-state index in [1.807, 2.05) is 0 Å². The van der Waals surface area contributed by atoms with Crippen LogP contribution in [0.4, 0.5) is 22.0 Å². The van der Waals surface area contributed by atoms with E-state index >= 15 is 22.0 Å². The quantitative estimate of drug-likeness (QED) is 0.426. The highest BCUT2D eigenvalue weighted by Crippen LogP contribution is 2.90. The lowest BCUT2D eigenvalue weighted by Gasteiger charge is -2.74. The summed E-state index contributed by atoms with van der Waals surface area (Å²) in [6, 6.07) is 0. The molecule has 138 valence electrons. The van der Waals surface area contributed by atoms with Gasteiger partial charge in [0.2, 0.25) is 0 Å². The Hall–Kier alpha value is -1.39. The van der Waals surface area contributed by atoms with Gasteiger partial charge in [0, 0.05) is 11.1 Å². The number of allylic oxidation sites excluding steroid dienone is 8. The molecule has 6 rings (SSSR count). The van der Waals surface area contributed by atoms with Crippen LogP contribution in [-0.2, 0) is 0 Å². The van der Waals surface area contributed by atoms with Crippen molar-refractivity contribution in [2.45, 2.75) is 69.1 Å². The summed E-state index contributed by atoms with van der Waals surface area (Å²) in [6.07, 6.45) is 3.47. The summed E-state index contributed by atoms with van der Waals surface area (Å²) in [5, 5.41) is 0. The van der Waals surface area contributed by atoms with Crippen LogP contribution in [0.2, 0.25) is 0 Å². The van der Waals surface area contributed by atoms with Gasteiger partial charge < -0.3 is 0 Å². The van der Waals surface area contributed by atoms with Crippen LogP contribution in [0.3, 0.4) is 0 Å². The molecule has 0 radical (unpaired) electrons. The smallest absolute Gasteiger partial charge is 0.186 e. The van der Waals surface area contributed by atoms with Crippen LogP contribution < -0.4 is 0 Å². The number of rotatable bonds is 0. The van der Waals surface area contributed by atoms with Gasteiger partial charge in [-0.15, -0.1) is 0 Å². The van der Waals surface area contributed by atoms with Gasteiger partial charge in [0.25, 0.3) is 0 Å². The Morgan fingerprint density at radius 1 is 0.731 bits per heavy atom. The van der Waals surface area contributed by atoms with Crippen molar-refractivity contribution < 1.29 is 22.0 Å². The second kappa shape index (κ2) is 4.20. The van der Waals surface area contributed by atoms with Gasteiger partial charge in [-0.25, -0.2) is 22.0 Å². The number of hydrogen-bond acceptors (Lipinski definition) is 0. The zero-order chi connectivity index (χ0) is 18.1. The highest BCUT2D eigenvalue weighted by molar-refractivity contribution is 5.68. The molecule has 5 heteroatoms. The first-order chi connectivity index (χ1) is 12.4. The molecule has 6 aliphatic carbocycles. The molecule has 0 saturated heterocycles. The molecule has 4 bridgehead atoms. The third-order valence-corrected chi connectivity index (χ3v) is 8.26. The summed E-state index contributed by atoms with van der Waals surface area (Å²) in [6.45, 7) is 0. The maximum atomic E-state index is 16.7. The fourth-order valence-corrected chi connectivity index (χ4v) is 7.53. The molecule has 0 amide bonds. The average Bonchev–Trinajstić information content (AvgIpc) is 2.94. The molecule has 3 fully saturated rings. The Balaban J connectivity index is 1.84. The normalized spacial score (nSPS) is 48.7. The van der Waals surface area contributed by atoms with E-state index in [0.717, 1.165) is 0 Å². The molecule has 26 heavy (non-hydrogen) atoms. The average molecular weight is 366 g/mol. The first kappa shape index (κ1) is 15.6. The Kier molecular flexibility index (Phi) is 2.53. The molecule has 0 nitrogen and oxygen atoms in total. The highest BCUT2D eigenvalue weighted by Gasteiger charge is 2.97. The monoisotopic (exact) mass is 366 g/mol. The van der Waals surface area contributed by atoms with Crippen LogP contribution in [0, 0.1) is 10.8 Å². The van der Waals surface area contributed by atoms with Crippen molar-refractivity contribution in [3.8, 4) is 0 Å². The second-order valence-electron chi connectivity index (χ2n) is 8.78. The van der Waals surface area contributed by atoms with Crippen LogP contribution in [0.1, 0.15) is 57.8 Å². The van der Waals surface area contributed by atoms with Gasteiger partial charge in [0.15, 0.2) is 11.3 Å². The van der Waals surface area contributed by atoms with Crippen LogP contribution in [0.5, 0.6) is 0 Å². The minimum absolute atomic E-state index is 0.0370. The Morgan fingerprint density at radius 3 is 2.19 bits per heavy atom. The summed E-state index contributed by atoms with van der Waals surface area (Å²) >= 11 is 0. The van der Waals surface area contributed by atoms with Gasteiger partial charge in [0.05, 0.1) is 10.8 Å². The van der Waals surface area contributed by atoms with Crippen molar-refractivity contribution in [1.82, 2.24) is 0 Å². The Bertz CT molecular complexity index is 907. The predicted molar refractivity (Wildman–Crippen MR) is 86.6 cm³/mol. The number of halogens is 5. The van der Waals surface area contributed by atoms with Crippen molar-refractivity contribution in [2.75, 3.05) is 0 Å². The molecule has 0 N–H and O–H groups in total. The predicted octanol–water partition coefficient (Wildman–Crippen LogP) is 6.57. The fraction of sp³-hybridized carbons (Fsp3) is 0.619. The van der Waals surface area contributed by atoms with Gasteiger partial charge in [-0.3, -0.25) is 0 Å². The molecule has 4 unspecified atom stereocenters. The van der Waals surface area contributed by atoms with Crippen LogP contribution in [0.15, 0.2) is 45.8 Å². The number of alkyl halides is 2. The van der Waals surface area contributed by atoms with Gasteiger partial charge in [-0.2, -0.15) is 0 Å². The summed E-state index contributed by atoms with van der Waals surface area (Å²) in [7, 11) is 0. The van der Waals surface area contributed by atoms with Crippen LogP contribution >= 0.6 is 0 Å². The Morgan fingerprint density at radius 2 is 1.42 bits per heavy atom. The van der Waals surface area contributed by atoms with E-state index in [0.29, 0.717) is 31.3 Å². The van der Waals surface area contributed by atoms with E-state index in [1.165, 1.54) is 6.08 Å². The summed E-state index contributed by atoms with van der Waals surface area (Å²) < 4.78 is 80.1. The van der Waals surface area contributed by atoms with Crippen molar-refractivity contribution in [1.29, 1.82) is 0 Å². The molecule has 0 heterocycles. The summed E-state index contributed by atoms with van der Waals surface area (Å²) in [5.41, 5.74) is -8.97. The summed E-state index contributed by atoms with van der Waals surface area (Å²) in [5.74, 6) is -2.48. The molecule has 3 saturated carbocycles. The van der Waals surface area contributed by atoms with Crippen molar-refractivity contribution in [3.05, 3.63) is 45.8 Å². The maximum absolute atomic E-state index is 16.7. The lowest BCUT2D eigenvalue weighted by Crippen LogP contribution is -2.84. The van der Waals surface area contributed by atoms with E-state index in [4.69, 9.17) is 0 Å². The molecule has 0 aliphatic heterocycles. The molecular weight excluding hydrogens is 347 g/mol. The summed E-state index contributed by atoms with van der Waals surface area (Å²) in [4.78, 5) is 0. The highest BCUT2D eigenvalue weighted by atomic mass is 19.2. The van der Waals surface area contributed by atoms with E-state index in [9.17, 15) is 0 Å². The molecule has 0 aromatic heterocycles. The molecule has 0 aromatic rings. The topological polar surface area (TPSA) is 0 Å². The maximum Gasteiger partial charge on any atom is 0.186 e. The van der Waals surface area contributed by atoms with E-state index in [1.54, 1.807) is 0 Å². The lowest BCUT2D eigenvalue weighted by molar-refractivity contribution is -0.283. The Labute approximate surface area is 148 Å². The molecule has 0 aromatic carbocycles. The van der Waals surface area contributed by atoms with Gasteiger partial charge >= 0.3 is 0 Å². The SMILES string of the molecule is FC1=C2CCCC3=CC4=C(F)C56CCCC5(C(F)=C1CCC4)C2(F)C36F. The third-order valence-electron chi connectivity index (χ3n) is 8.26. The lowest BCUT2D eigenvalue weighted by atomic mass is 9.30. The zero-order valence-corrected chi connectivity index (χ0v) is 14.3. The van der Waals surface area contributed by atoms with E-state index < -0.39 is 39.6 Å². The van der Waals surface area contributed by atoms with Gasteiger partial charge in [0.1, 0.15) is 17.5 Å². The second-order valence-corrected chi connectivity index (χ2v) is 8.78. The molecule has 4 atom stereocenters. The first-order valence-corrected chi connectivity index (χ1v) is 9.64. The largest absolute Gasteiger partial charge is 0.234 e. The standard InChI is InChI=1S/C21H19F5/c22-15-13-6-1-4-11-10-12-5-2-7-14(15)21(26)19(17(13)24)9-3-8-18(19,16(11)23)20(12,21)25/h10H,1-9H2. The zero-order valence-electron chi connectivity index (χ0n) is 14.3.